The van der Waals surface area contributed by atoms with Crippen LogP contribution < -0.4 is 15.5 Å². The minimum atomic E-state index is -0.502. The minimum absolute atomic E-state index is 0.0868. The third-order valence-electron chi connectivity index (χ3n) is 4.76. The first-order valence-corrected chi connectivity index (χ1v) is 8.64. The van der Waals surface area contributed by atoms with Gasteiger partial charge in [-0.05, 0) is 51.8 Å². The van der Waals surface area contributed by atoms with Crippen molar-refractivity contribution in [3.8, 4) is 6.07 Å². The topological polar surface area (TPSA) is 68.2 Å². The monoisotopic (exact) mass is 376 g/mol. The van der Waals surface area contributed by atoms with Crippen LogP contribution in [-0.4, -0.2) is 29.7 Å². The molecule has 6 heteroatoms. The normalized spacial score (nSPS) is 29.4. The summed E-state index contributed by atoms with van der Waals surface area (Å²) in [4.78, 5) is 14.7. The van der Waals surface area contributed by atoms with Crippen molar-refractivity contribution in [2.24, 2.45) is 0 Å². The molecule has 2 heterocycles. The standard InChI is InChI=1S/C17H21BrN4O/c1-11-9-17(15(23)20-16(2,3)21-17)6-7-22(11)14-8-13(18)5-4-12(14)10-19/h4-5,8,11,21H,6-7,9H2,1-3H3,(H,20,23)/t11-,17+/m0/s1. The molecule has 3 rings (SSSR count). The molecule has 2 fully saturated rings. The van der Waals surface area contributed by atoms with Crippen molar-refractivity contribution in [1.82, 2.24) is 10.6 Å². The average Bonchev–Trinajstić information content (AvgIpc) is 2.67. The van der Waals surface area contributed by atoms with Crippen LogP contribution in [0.5, 0.6) is 0 Å². The Balaban J connectivity index is 1.87. The van der Waals surface area contributed by atoms with Gasteiger partial charge >= 0.3 is 0 Å². The fourth-order valence-electron chi connectivity index (χ4n) is 3.85. The molecule has 5 nitrogen and oxygen atoms in total. The van der Waals surface area contributed by atoms with Gasteiger partial charge in [-0.3, -0.25) is 10.1 Å². The van der Waals surface area contributed by atoms with Crippen molar-refractivity contribution in [1.29, 1.82) is 5.26 Å². The van der Waals surface area contributed by atoms with Crippen molar-refractivity contribution in [3.63, 3.8) is 0 Å². The number of benzene rings is 1. The fourth-order valence-corrected chi connectivity index (χ4v) is 4.20. The van der Waals surface area contributed by atoms with Crippen molar-refractivity contribution in [3.05, 3.63) is 28.2 Å². The second-order valence-corrected chi connectivity index (χ2v) is 7.97. The van der Waals surface area contributed by atoms with E-state index in [1.807, 2.05) is 32.0 Å². The lowest BCUT2D eigenvalue weighted by Gasteiger charge is -2.44. The lowest BCUT2D eigenvalue weighted by molar-refractivity contribution is -0.125. The lowest BCUT2D eigenvalue weighted by atomic mass is 9.83. The van der Waals surface area contributed by atoms with Crippen LogP contribution >= 0.6 is 15.9 Å². The number of carbonyl (C=O) groups is 1. The van der Waals surface area contributed by atoms with Crippen molar-refractivity contribution >= 4 is 27.5 Å². The second-order valence-electron chi connectivity index (χ2n) is 7.06. The Morgan fingerprint density at radius 1 is 1.43 bits per heavy atom. The minimum Gasteiger partial charge on any atom is -0.368 e. The van der Waals surface area contributed by atoms with Crippen molar-refractivity contribution in [2.45, 2.75) is 50.9 Å². The smallest absolute Gasteiger partial charge is 0.241 e. The van der Waals surface area contributed by atoms with Gasteiger partial charge < -0.3 is 10.2 Å². The summed E-state index contributed by atoms with van der Waals surface area (Å²) < 4.78 is 0.955. The largest absolute Gasteiger partial charge is 0.368 e. The third-order valence-corrected chi connectivity index (χ3v) is 5.25. The zero-order chi connectivity index (χ0) is 16.8. The molecule has 2 saturated heterocycles. The van der Waals surface area contributed by atoms with Gasteiger partial charge in [-0.2, -0.15) is 5.26 Å². The van der Waals surface area contributed by atoms with Gasteiger partial charge in [0.1, 0.15) is 11.6 Å². The van der Waals surface area contributed by atoms with Gasteiger partial charge in [0.2, 0.25) is 5.91 Å². The lowest BCUT2D eigenvalue weighted by Crippen LogP contribution is -2.59. The number of carbonyl (C=O) groups excluding carboxylic acids is 1. The average molecular weight is 377 g/mol. The van der Waals surface area contributed by atoms with Crippen molar-refractivity contribution in [2.75, 3.05) is 11.4 Å². The van der Waals surface area contributed by atoms with Crippen LogP contribution in [0.15, 0.2) is 22.7 Å². The summed E-state index contributed by atoms with van der Waals surface area (Å²) in [5.41, 5.74) is 0.729. The molecule has 0 radical (unpaired) electrons. The molecule has 23 heavy (non-hydrogen) atoms. The number of nitriles is 1. The maximum Gasteiger partial charge on any atom is 0.241 e. The number of hydrogen-bond donors (Lipinski definition) is 2. The maximum atomic E-state index is 12.5. The molecule has 1 spiro atoms. The van der Waals surface area contributed by atoms with E-state index in [1.54, 1.807) is 0 Å². The molecule has 1 amide bonds. The number of nitrogens with one attached hydrogen (secondary N) is 2. The Hall–Kier alpha value is -1.58. The predicted molar refractivity (Wildman–Crippen MR) is 93.0 cm³/mol. The van der Waals surface area contributed by atoms with Crippen LogP contribution in [0.2, 0.25) is 0 Å². The molecule has 0 saturated carbocycles. The number of halogens is 1. The molecular weight excluding hydrogens is 356 g/mol. The third kappa shape index (κ3) is 2.84. The zero-order valence-electron chi connectivity index (χ0n) is 13.6. The maximum absolute atomic E-state index is 12.5. The second kappa shape index (κ2) is 5.50. The van der Waals surface area contributed by atoms with E-state index in [9.17, 15) is 10.1 Å². The number of rotatable bonds is 1. The van der Waals surface area contributed by atoms with E-state index in [1.165, 1.54) is 0 Å². The van der Waals surface area contributed by atoms with Crippen molar-refractivity contribution < 1.29 is 4.79 Å². The first-order valence-electron chi connectivity index (χ1n) is 7.85. The predicted octanol–water partition coefficient (Wildman–Crippen LogP) is 2.50. The Kier molecular flexibility index (Phi) is 3.89. The Bertz CT molecular complexity index is 696. The van der Waals surface area contributed by atoms with Crippen LogP contribution in [0.25, 0.3) is 0 Å². The molecule has 2 N–H and O–H groups in total. The highest BCUT2D eigenvalue weighted by molar-refractivity contribution is 9.10. The molecule has 2 aliphatic heterocycles. The summed E-state index contributed by atoms with van der Waals surface area (Å²) in [5, 5.41) is 15.9. The molecular formula is C17H21BrN4O. The number of anilines is 1. The summed E-state index contributed by atoms with van der Waals surface area (Å²) in [6.07, 6.45) is 1.45. The van der Waals surface area contributed by atoms with Gasteiger partial charge in [-0.15, -0.1) is 0 Å². The summed E-state index contributed by atoms with van der Waals surface area (Å²) >= 11 is 3.48. The van der Waals surface area contributed by atoms with Gasteiger partial charge in [0, 0.05) is 17.1 Å². The molecule has 0 bridgehead atoms. The molecule has 0 aromatic heterocycles. The Morgan fingerprint density at radius 2 is 2.17 bits per heavy atom. The fraction of sp³-hybridized carbons (Fsp3) is 0.529. The Morgan fingerprint density at radius 3 is 2.74 bits per heavy atom. The van der Waals surface area contributed by atoms with E-state index in [0.717, 1.165) is 29.5 Å². The number of amides is 1. The van der Waals surface area contributed by atoms with Gasteiger partial charge in [0.25, 0.3) is 0 Å². The van der Waals surface area contributed by atoms with Gasteiger partial charge in [-0.1, -0.05) is 15.9 Å². The summed E-state index contributed by atoms with van der Waals surface area (Å²) in [5.74, 6) is 0.0868. The summed E-state index contributed by atoms with van der Waals surface area (Å²) in [7, 11) is 0. The first-order chi connectivity index (χ1) is 10.8. The number of nitrogens with zero attached hydrogens (tertiary/aromatic N) is 2. The Labute approximate surface area is 145 Å². The van der Waals surface area contributed by atoms with Gasteiger partial charge in [0.15, 0.2) is 0 Å². The molecule has 0 aliphatic carbocycles. The summed E-state index contributed by atoms with van der Waals surface area (Å²) in [6.45, 7) is 6.82. The number of hydrogen-bond acceptors (Lipinski definition) is 4. The molecule has 122 valence electrons. The van der Waals surface area contributed by atoms with E-state index < -0.39 is 5.54 Å². The van der Waals surface area contributed by atoms with E-state index in [4.69, 9.17) is 0 Å². The van der Waals surface area contributed by atoms with Crippen LogP contribution in [0, 0.1) is 11.3 Å². The quantitative estimate of drug-likeness (QED) is 0.789. The van der Waals surface area contributed by atoms with E-state index in [-0.39, 0.29) is 17.6 Å². The van der Waals surface area contributed by atoms with Crippen LogP contribution in [0.4, 0.5) is 5.69 Å². The highest BCUT2D eigenvalue weighted by Gasteiger charge is 2.52. The highest BCUT2D eigenvalue weighted by Crippen LogP contribution is 2.36. The first kappa shape index (κ1) is 16.3. The van der Waals surface area contributed by atoms with Gasteiger partial charge in [-0.25, -0.2) is 0 Å². The van der Waals surface area contributed by atoms with Gasteiger partial charge in [0.05, 0.1) is 16.9 Å². The van der Waals surface area contributed by atoms with Crippen LogP contribution in [0.1, 0.15) is 39.2 Å². The van der Waals surface area contributed by atoms with E-state index in [0.29, 0.717) is 5.56 Å². The zero-order valence-corrected chi connectivity index (χ0v) is 15.2. The molecule has 2 aliphatic rings. The van der Waals surface area contributed by atoms with Crippen LogP contribution in [-0.2, 0) is 4.79 Å². The number of piperidine rings is 1. The molecule has 0 unspecified atom stereocenters. The molecule has 1 aromatic carbocycles. The molecule has 2 atom stereocenters. The van der Waals surface area contributed by atoms with E-state index in [2.05, 4.69) is 44.5 Å². The van der Waals surface area contributed by atoms with E-state index >= 15 is 0 Å². The molecule has 1 aromatic rings. The van der Waals surface area contributed by atoms with Crippen LogP contribution in [0.3, 0.4) is 0 Å². The highest BCUT2D eigenvalue weighted by atomic mass is 79.9. The SMILES string of the molecule is C[C@H]1C[C@@]2(CCN1c1cc(Br)ccc1C#N)NC(C)(C)NC2=O. The summed E-state index contributed by atoms with van der Waals surface area (Å²) in [6, 6.07) is 8.13.